The topological polar surface area (TPSA) is 111 Å². The zero-order valence-electron chi connectivity index (χ0n) is 16.3. The van der Waals surface area contributed by atoms with Crippen molar-refractivity contribution in [2.45, 2.75) is 12.1 Å². The highest BCUT2D eigenvalue weighted by Gasteiger charge is 2.41. The molecule has 0 saturated carbocycles. The molecule has 0 spiro atoms. The van der Waals surface area contributed by atoms with Gasteiger partial charge >= 0.3 is 0 Å². The van der Waals surface area contributed by atoms with E-state index in [4.69, 9.17) is 0 Å². The summed E-state index contributed by atoms with van der Waals surface area (Å²) in [5.74, 6) is -0.844. The van der Waals surface area contributed by atoms with E-state index in [9.17, 15) is 20.0 Å². The van der Waals surface area contributed by atoms with Crippen molar-refractivity contribution >= 4 is 23.7 Å². The summed E-state index contributed by atoms with van der Waals surface area (Å²) in [4.78, 5) is 23.1. The molecule has 0 radical (unpaired) electrons. The monoisotopic (exact) mass is 414 g/mol. The molecular formula is C23H18N4O4. The van der Waals surface area contributed by atoms with Crippen molar-refractivity contribution in [3.8, 4) is 0 Å². The molecule has 3 aromatic rings. The third kappa shape index (κ3) is 4.32. The number of rotatable bonds is 5. The summed E-state index contributed by atoms with van der Waals surface area (Å²) in [6.45, 7) is 0. The summed E-state index contributed by atoms with van der Waals surface area (Å²) in [5, 5.41) is 30.5. The number of amides is 1. The van der Waals surface area contributed by atoms with Crippen LogP contribution in [0.1, 0.15) is 27.5 Å². The first-order valence-electron chi connectivity index (χ1n) is 9.57. The average molecular weight is 414 g/mol. The second kappa shape index (κ2) is 8.58. The Labute approximate surface area is 177 Å². The predicted octanol–water partition coefficient (Wildman–Crippen LogP) is 2.25. The highest BCUT2D eigenvalue weighted by atomic mass is 16.6. The molecule has 0 fully saturated rings. The number of nitrogens with one attached hydrogen (secondary N) is 1. The molecule has 31 heavy (non-hydrogen) atoms. The average Bonchev–Trinajstić information content (AvgIpc) is 3.09. The zero-order valence-corrected chi connectivity index (χ0v) is 16.3. The maximum atomic E-state index is 12.7. The molecule has 1 heterocycles. The van der Waals surface area contributed by atoms with Crippen molar-refractivity contribution in [1.82, 2.24) is 5.32 Å². The third-order valence-electron chi connectivity index (χ3n) is 4.93. The van der Waals surface area contributed by atoms with Gasteiger partial charge in [-0.25, -0.2) is 0 Å². The van der Waals surface area contributed by atoms with Crippen LogP contribution in [-0.4, -0.2) is 33.7 Å². The van der Waals surface area contributed by atoms with Crippen molar-refractivity contribution in [3.05, 3.63) is 112 Å². The van der Waals surface area contributed by atoms with Gasteiger partial charge in [0.15, 0.2) is 0 Å². The number of non-ortho nitro benzene ring substituents is 1. The Balaban J connectivity index is 1.68. The fourth-order valence-electron chi connectivity index (χ4n) is 3.42. The van der Waals surface area contributed by atoms with Crippen LogP contribution in [0, 0.1) is 10.1 Å². The minimum atomic E-state index is -0.885. The summed E-state index contributed by atoms with van der Waals surface area (Å²) < 4.78 is 1.49. The van der Waals surface area contributed by atoms with Crippen LogP contribution >= 0.6 is 0 Å². The smallest absolute Gasteiger partial charge is 0.269 e. The van der Waals surface area contributed by atoms with E-state index in [-0.39, 0.29) is 11.6 Å². The Morgan fingerprint density at radius 1 is 0.968 bits per heavy atom. The first-order valence-corrected chi connectivity index (χ1v) is 9.57. The number of nitro benzene ring substituents is 1. The molecule has 8 nitrogen and oxygen atoms in total. The number of carbonyl (C=O) groups is 1. The molecule has 0 saturated heterocycles. The molecule has 154 valence electrons. The van der Waals surface area contributed by atoms with E-state index >= 15 is 0 Å². The zero-order chi connectivity index (χ0) is 21.8. The Morgan fingerprint density at radius 3 is 2.19 bits per heavy atom. The highest BCUT2D eigenvalue weighted by molar-refractivity contribution is 5.97. The van der Waals surface area contributed by atoms with E-state index in [2.05, 4.69) is 10.4 Å². The molecule has 1 amide bonds. The van der Waals surface area contributed by atoms with Crippen molar-refractivity contribution < 1.29 is 19.5 Å². The summed E-state index contributed by atoms with van der Waals surface area (Å²) >= 11 is 0. The summed E-state index contributed by atoms with van der Waals surface area (Å²) in [5.41, 5.74) is 1.85. The SMILES string of the molecule is O=C(N[C@H]1C([O-])=N/[N+](=C\c2ccc([N+](=O)[O-])cc2)[C@@H]1c1ccccc1)c1ccccc1. The van der Waals surface area contributed by atoms with Crippen LogP contribution in [0.25, 0.3) is 0 Å². The second-order valence-electron chi connectivity index (χ2n) is 6.97. The van der Waals surface area contributed by atoms with Crippen LogP contribution in [0.2, 0.25) is 0 Å². The maximum Gasteiger partial charge on any atom is 0.269 e. The quantitative estimate of drug-likeness (QED) is 0.392. The molecule has 1 aliphatic rings. The van der Waals surface area contributed by atoms with Crippen LogP contribution in [0.15, 0.2) is 90.0 Å². The molecule has 4 rings (SSSR count). The number of nitro groups is 1. The maximum absolute atomic E-state index is 12.7. The van der Waals surface area contributed by atoms with Gasteiger partial charge in [-0.05, 0) is 29.4 Å². The van der Waals surface area contributed by atoms with E-state index < -0.39 is 22.9 Å². The molecule has 0 unspecified atom stereocenters. The summed E-state index contributed by atoms with van der Waals surface area (Å²) in [6, 6.07) is 22.4. The van der Waals surface area contributed by atoms with Gasteiger partial charge in [0, 0.05) is 28.8 Å². The van der Waals surface area contributed by atoms with Gasteiger partial charge in [0.1, 0.15) is 6.04 Å². The number of hydrogen-bond donors (Lipinski definition) is 1. The lowest BCUT2D eigenvalue weighted by atomic mass is 9.99. The van der Waals surface area contributed by atoms with Gasteiger partial charge in [-0.3, -0.25) is 14.9 Å². The molecule has 0 aromatic heterocycles. The standard InChI is InChI=1S/C23H18N4O4/c28-22(18-9-5-2-6-10-18)24-20-21(17-7-3-1-4-8-17)26(25-23(20)29)15-16-11-13-19(14-12-16)27(30)31/h1-15,20-21H,(H-,24,25,28,29)/b26-15-/t20-,21-/m1/s1. The number of benzene rings is 3. The Bertz CT molecular complexity index is 1160. The fourth-order valence-corrected chi connectivity index (χ4v) is 3.42. The summed E-state index contributed by atoms with van der Waals surface area (Å²) in [6.07, 6.45) is 1.63. The lowest BCUT2D eigenvalue weighted by molar-refractivity contribution is -0.565. The number of hydrogen-bond acceptors (Lipinski definition) is 5. The minimum absolute atomic E-state index is 0.0285. The van der Waals surface area contributed by atoms with Crippen LogP contribution in [-0.2, 0) is 0 Å². The second-order valence-corrected chi connectivity index (χ2v) is 6.97. The van der Waals surface area contributed by atoms with Gasteiger partial charge in [-0.15, -0.1) is 0 Å². The van der Waals surface area contributed by atoms with Gasteiger partial charge in [0.25, 0.3) is 11.6 Å². The molecule has 3 aromatic carbocycles. The number of nitrogens with zero attached hydrogens (tertiary/aromatic N) is 3. The van der Waals surface area contributed by atoms with Crippen molar-refractivity contribution in [2.24, 2.45) is 5.10 Å². The van der Waals surface area contributed by atoms with Crippen LogP contribution in [0.4, 0.5) is 5.69 Å². The lowest BCUT2D eigenvalue weighted by Crippen LogP contribution is -2.47. The fraction of sp³-hybridized carbons (Fsp3) is 0.0870. The van der Waals surface area contributed by atoms with Crippen LogP contribution < -0.4 is 10.4 Å². The normalized spacial score (nSPS) is 19.1. The first-order chi connectivity index (χ1) is 15.0. The molecule has 2 atom stereocenters. The van der Waals surface area contributed by atoms with Gasteiger partial charge in [0.2, 0.25) is 12.3 Å². The first kappa shape index (κ1) is 20.0. The molecule has 0 aliphatic carbocycles. The van der Waals surface area contributed by atoms with Crippen molar-refractivity contribution in [2.75, 3.05) is 0 Å². The van der Waals surface area contributed by atoms with Crippen LogP contribution in [0.3, 0.4) is 0 Å². The Kier molecular flexibility index (Phi) is 5.53. The molecule has 0 bridgehead atoms. The predicted molar refractivity (Wildman–Crippen MR) is 113 cm³/mol. The number of hydrazone groups is 1. The van der Waals surface area contributed by atoms with Crippen molar-refractivity contribution in [3.63, 3.8) is 0 Å². The minimum Gasteiger partial charge on any atom is -0.856 e. The van der Waals surface area contributed by atoms with Crippen molar-refractivity contribution in [1.29, 1.82) is 0 Å². The van der Waals surface area contributed by atoms with E-state index in [1.165, 1.54) is 16.8 Å². The van der Waals surface area contributed by atoms with E-state index in [1.807, 2.05) is 30.3 Å². The third-order valence-corrected chi connectivity index (χ3v) is 4.93. The van der Waals surface area contributed by atoms with E-state index in [0.29, 0.717) is 11.1 Å². The van der Waals surface area contributed by atoms with Gasteiger partial charge < -0.3 is 10.4 Å². The largest absolute Gasteiger partial charge is 0.856 e. The Morgan fingerprint density at radius 2 is 1.58 bits per heavy atom. The highest BCUT2D eigenvalue weighted by Crippen LogP contribution is 2.27. The lowest BCUT2D eigenvalue weighted by Gasteiger charge is -2.20. The van der Waals surface area contributed by atoms with Gasteiger partial charge in [0.05, 0.1) is 10.8 Å². The molecule has 1 aliphatic heterocycles. The summed E-state index contributed by atoms with van der Waals surface area (Å²) in [7, 11) is 0. The van der Waals surface area contributed by atoms with Crippen LogP contribution in [0.5, 0.6) is 0 Å². The molecule has 8 heteroatoms. The van der Waals surface area contributed by atoms with Gasteiger partial charge in [-0.2, -0.15) is 0 Å². The van der Waals surface area contributed by atoms with Gasteiger partial charge in [-0.1, -0.05) is 53.2 Å². The number of carbonyl (C=O) groups excluding carboxylic acids is 1. The van der Waals surface area contributed by atoms with E-state index in [0.717, 1.165) is 5.56 Å². The van der Waals surface area contributed by atoms with E-state index in [1.54, 1.807) is 48.7 Å². The Hall–Kier alpha value is -4.33. The molecular weight excluding hydrogens is 396 g/mol. The molecule has 1 N–H and O–H groups in total.